The predicted octanol–water partition coefficient (Wildman–Crippen LogP) is 2.67. The summed E-state index contributed by atoms with van der Waals surface area (Å²) in [6.07, 6.45) is 3.91. The van der Waals surface area contributed by atoms with Crippen molar-refractivity contribution in [2.75, 3.05) is 18.4 Å². The number of nitrogens with zero attached hydrogens (tertiary/aromatic N) is 2. The van der Waals surface area contributed by atoms with Crippen LogP contribution in [0, 0.1) is 0 Å². The Bertz CT molecular complexity index is 585. The number of hydrogen-bond acceptors (Lipinski definition) is 4. The third-order valence-electron chi connectivity index (χ3n) is 3.14. The molecule has 2 heterocycles. The average Bonchev–Trinajstić information content (AvgIpc) is 2.63. The molecular formula is C14H15BrN4. The van der Waals surface area contributed by atoms with E-state index >= 15 is 0 Å². The minimum Gasteiger partial charge on any atom is -0.324 e. The average molecular weight is 319 g/mol. The Hall–Kier alpha value is -1.46. The van der Waals surface area contributed by atoms with Crippen molar-refractivity contribution in [3.63, 3.8) is 0 Å². The zero-order valence-corrected chi connectivity index (χ0v) is 12.1. The van der Waals surface area contributed by atoms with Gasteiger partial charge in [-0.1, -0.05) is 22.0 Å². The largest absolute Gasteiger partial charge is 0.324 e. The number of aromatic nitrogens is 2. The van der Waals surface area contributed by atoms with Gasteiger partial charge in [0, 0.05) is 29.3 Å². The van der Waals surface area contributed by atoms with Crippen LogP contribution in [0.5, 0.6) is 0 Å². The second-order valence-corrected chi connectivity index (χ2v) is 5.47. The van der Waals surface area contributed by atoms with Gasteiger partial charge >= 0.3 is 0 Å². The van der Waals surface area contributed by atoms with E-state index in [0.29, 0.717) is 5.95 Å². The van der Waals surface area contributed by atoms with Gasteiger partial charge in [0.2, 0.25) is 5.95 Å². The van der Waals surface area contributed by atoms with Crippen molar-refractivity contribution in [3.8, 4) is 0 Å². The summed E-state index contributed by atoms with van der Waals surface area (Å²) < 4.78 is 1.04. The van der Waals surface area contributed by atoms with Crippen LogP contribution in [0.3, 0.4) is 0 Å². The molecule has 1 aliphatic heterocycles. The Morgan fingerprint density at radius 2 is 2.11 bits per heavy atom. The summed E-state index contributed by atoms with van der Waals surface area (Å²) in [6.45, 7) is 2.00. The summed E-state index contributed by atoms with van der Waals surface area (Å²) in [6, 6.07) is 7.99. The number of benzene rings is 1. The molecule has 0 unspecified atom stereocenters. The summed E-state index contributed by atoms with van der Waals surface area (Å²) in [5.74, 6) is 0.666. The van der Waals surface area contributed by atoms with Crippen LogP contribution in [-0.4, -0.2) is 23.1 Å². The van der Waals surface area contributed by atoms with E-state index < -0.39 is 0 Å². The fourth-order valence-corrected chi connectivity index (χ4v) is 2.58. The van der Waals surface area contributed by atoms with Crippen LogP contribution in [0.4, 0.5) is 11.6 Å². The Morgan fingerprint density at radius 1 is 1.21 bits per heavy atom. The quantitative estimate of drug-likeness (QED) is 0.893. The van der Waals surface area contributed by atoms with E-state index in [9.17, 15) is 0 Å². The van der Waals surface area contributed by atoms with Gasteiger partial charge < -0.3 is 10.6 Å². The monoisotopic (exact) mass is 318 g/mol. The molecule has 2 aromatic rings. The van der Waals surface area contributed by atoms with Crippen molar-refractivity contribution in [1.29, 1.82) is 0 Å². The predicted molar refractivity (Wildman–Crippen MR) is 79.7 cm³/mol. The molecule has 0 amide bonds. The normalized spacial score (nSPS) is 14.6. The first-order valence-electron chi connectivity index (χ1n) is 6.39. The standard InChI is InChI=1S/C14H15BrN4/c15-11-2-1-3-12(8-11)18-14-17-9-10-4-6-16-7-5-13(10)19-14/h1-3,8-9,16H,4-7H2,(H,17,18,19). The third-order valence-corrected chi connectivity index (χ3v) is 3.64. The lowest BCUT2D eigenvalue weighted by Gasteiger charge is -2.08. The topological polar surface area (TPSA) is 49.8 Å². The summed E-state index contributed by atoms with van der Waals surface area (Å²) in [5.41, 5.74) is 3.39. The van der Waals surface area contributed by atoms with Crippen LogP contribution >= 0.6 is 15.9 Å². The summed E-state index contributed by atoms with van der Waals surface area (Å²) >= 11 is 3.46. The lowest BCUT2D eigenvalue weighted by molar-refractivity contribution is 0.708. The van der Waals surface area contributed by atoms with Gasteiger partial charge in [-0.2, -0.15) is 0 Å². The molecule has 1 aromatic carbocycles. The Morgan fingerprint density at radius 3 is 3.00 bits per heavy atom. The zero-order valence-electron chi connectivity index (χ0n) is 10.5. The van der Waals surface area contributed by atoms with Crippen molar-refractivity contribution in [3.05, 3.63) is 46.2 Å². The Labute approximate surface area is 120 Å². The van der Waals surface area contributed by atoms with E-state index in [2.05, 4.69) is 36.5 Å². The molecule has 0 saturated heterocycles. The number of anilines is 2. The second-order valence-electron chi connectivity index (χ2n) is 4.55. The fourth-order valence-electron chi connectivity index (χ4n) is 2.18. The van der Waals surface area contributed by atoms with Gasteiger partial charge in [0.15, 0.2) is 0 Å². The molecule has 1 aromatic heterocycles. The maximum atomic E-state index is 4.62. The van der Waals surface area contributed by atoms with Gasteiger partial charge in [-0.3, -0.25) is 0 Å². The molecule has 0 saturated carbocycles. The van der Waals surface area contributed by atoms with E-state index in [0.717, 1.165) is 41.8 Å². The molecule has 0 bridgehead atoms. The van der Waals surface area contributed by atoms with Gasteiger partial charge in [0.1, 0.15) is 0 Å². The van der Waals surface area contributed by atoms with E-state index in [1.807, 2.05) is 30.5 Å². The van der Waals surface area contributed by atoms with E-state index in [-0.39, 0.29) is 0 Å². The van der Waals surface area contributed by atoms with Gasteiger partial charge in [-0.05, 0) is 36.7 Å². The van der Waals surface area contributed by atoms with Crippen LogP contribution < -0.4 is 10.6 Å². The number of hydrogen-bond donors (Lipinski definition) is 2. The number of halogens is 1. The van der Waals surface area contributed by atoms with Crippen LogP contribution in [0.25, 0.3) is 0 Å². The number of nitrogens with one attached hydrogen (secondary N) is 2. The van der Waals surface area contributed by atoms with Crippen molar-refractivity contribution in [2.45, 2.75) is 12.8 Å². The minimum absolute atomic E-state index is 0.666. The highest BCUT2D eigenvalue weighted by Crippen LogP contribution is 2.19. The van der Waals surface area contributed by atoms with E-state index in [4.69, 9.17) is 0 Å². The molecule has 0 radical (unpaired) electrons. The highest BCUT2D eigenvalue weighted by Gasteiger charge is 2.10. The maximum Gasteiger partial charge on any atom is 0.227 e. The molecule has 3 rings (SSSR count). The second kappa shape index (κ2) is 5.67. The molecule has 0 spiro atoms. The van der Waals surface area contributed by atoms with Gasteiger partial charge in [-0.25, -0.2) is 9.97 Å². The summed E-state index contributed by atoms with van der Waals surface area (Å²) in [7, 11) is 0. The van der Waals surface area contributed by atoms with Gasteiger partial charge in [0.25, 0.3) is 0 Å². The van der Waals surface area contributed by atoms with E-state index in [1.54, 1.807) is 0 Å². The Kier molecular flexibility index (Phi) is 3.75. The van der Waals surface area contributed by atoms with Crippen LogP contribution in [-0.2, 0) is 12.8 Å². The molecule has 19 heavy (non-hydrogen) atoms. The number of fused-ring (bicyclic) bond motifs is 1. The molecule has 0 atom stereocenters. The maximum absolute atomic E-state index is 4.62. The fraction of sp³-hybridized carbons (Fsp3) is 0.286. The first-order chi connectivity index (χ1) is 9.31. The Balaban J connectivity index is 1.84. The minimum atomic E-state index is 0.666. The lowest BCUT2D eigenvalue weighted by Crippen LogP contribution is -2.16. The van der Waals surface area contributed by atoms with Crippen LogP contribution in [0.15, 0.2) is 34.9 Å². The summed E-state index contributed by atoms with van der Waals surface area (Å²) in [5, 5.41) is 6.62. The third kappa shape index (κ3) is 3.11. The first kappa shape index (κ1) is 12.6. The molecule has 2 N–H and O–H groups in total. The smallest absolute Gasteiger partial charge is 0.227 e. The SMILES string of the molecule is Brc1cccc(Nc2ncc3c(n2)CCNCC3)c1. The lowest BCUT2D eigenvalue weighted by atomic mass is 10.1. The molecule has 98 valence electrons. The molecule has 0 fully saturated rings. The molecular weight excluding hydrogens is 304 g/mol. The van der Waals surface area contributed by atoms with Gasteiger partial charge in [-0.15, -0.1) is 0 Å². The number of rotatable bonds is 2. The highest BCUT2D eigenvalue weighted by molar-refractivity contribution is 9.10. The van der Waals surface area contributed by atoms with Crippen molar-refractivity contribution in [1.82, 2.24) is 15.3 Å². The van der Waals surface area contributed by atoms with Crippen molar-refractivity contribution in [2.24, 2.45) is 0 Å². The molecule has 5 heteroatoms. The molecule has 1 aliphatic rings. The van der Waals surface area contributed by atoms with Crippen LogP contribution in [0.1, 0.15) is 11.3 Å². The van der Waals surface area contributed by atoms with Crippen LogP contribution in [0.2, 0.25) is 0 Å². The van der Waals surface area contributed by atoms with E-state index in [1.165, 1.54) is 5.56 Å². The molecule has 0 aliphatic carbocycles. The highest BCUT2D eigenvalue weighted by atomic mass is 79.9. The van der Waals surface area contributed by atoms with Crippen molar-refractivity contribution < 1.29 is 0 Å². The summed E-state index contributed by atoms with van der Waals surface area (Å²) in [4.78, 5) is 9.01. The van der Waals surface area contributed by atoms with Crippen molar-refractivity contribution >= 4 is 27.6 Å². The molecule has 4 nitrogen and oxygen atoms in total. The van der Waals surface area contributed by atoms with Gasteiger partial charge in [0.05, 0.1) is 5.69 Å². The first-order valence-corrected chi connectivity index (χ1v) is 7.19. The zero-order chi connectivity index (χ0) is 13.1.